The van der Waals surface area contributed by atoms with Gasteiger partial charge in [0.25, 0.3) is 0 Å². The van der Waals surface area contributed by atoms with E-state index < -0.39 is 0 Å². The summed E-state index contributed by atoms with van der Waals surface area (Å²) in [6.07, 6.45) is 6.78. The van der Waals surface area contributed by atoms with Crippen LogP contribution in [-0.2, 0) is 0 Å². The summed E-state index contributed by atoms with van der Waals surface area (Å²) in [6.45, 7) is 7.94. The van der Waals surface area contributed by atoms with Gasteiger partial charge < -0.3 is 10.2 Å². The average Bonchev–Trinajstić information content (AvgIpc) is 3.15. The van der Waals surface area contributed by atoms with Crippen LogP contribution in [0.15, 0.2) is 24.4 Å². The Balaban J connectivity index is 1.51. The molecule has 2 fully saturated rings. The number of carbonyl (C=O) groups is 1. The molecule has 5 nitrogen and oxygen atoms in total. The maximum atomic E-state index is 12.6. The van der Waals surface area contributed by atoms with E-state index in [0.29, 0.717) is 5.41 Å². The third-order valence-corrected chi connectivity index (χ3v) is 5.98. The molecule has 2 aliphatic rings. The zero-order chi connectivity index (χ0) is 17.6. The molecule has 1 aromatic carbocycles. The maximum absolute atomic E-state index is 12.6. The molecule has 2 amide bonds. The second-order valence-electron chi connectivity index (χ2n) is 7.80. The van der Waals surface area contributed by atoms with E-state index in [1.807, 2.05) is 16.5 Å². The van der Waals surface area contributed by atoms with E-state index in [9.17, 15) is 4.79 Å². The first-order valence-electron chi connectivity index (χ1n) is 9.16. The van der Waals surface area contributed by atoms with Crippen molar-refractivity contribution >= 4 is 11.7 Å². The molecule has 1 aromatic heterocycles. The van der Waals surface area contributed by atoms with Crippen molar-refractivity contribution in [3.8, 4) is 5.69 Å². The smallest absolute Gasteiger partial charge is 0.321 e. The summed E-state index contributed by atoms with van der Waals surface area (Å²) in [7, 11) is 0. The van der Waals surface area contributed by atoms with Gasteiger partial charge in [-0.05, 0) is 62.6 Å². The number of nitrogens with zero attached hydrogens (tertiary/aromatic N) is 3. The summed E-state index contributed by atoms with van der Waals surface area (Å²) in [5, 5.41) is 7.57. The Kier molecular flexibility index (Phi) is 3.82. The van der Waals surface area contributed by atoms with E-state index in [0.717, 1.165) is 36.6 Å². The summed E-state index contributed by atoms with van der Waals surface area (Å²) < 4.78 is 1.91. The molecule has 1 aliphatic heterocycles. The fraction of sp³-hybridized carbons (Fsp3) is 0.500. The molecule has 0 radical (unpaired) electrons. The molecule has 25 heavy (non-hydrogen) atoms. The number of benzene rings is 1. The molecule has 1 spiro atoms. The first-order chi connectivity index (χ1) is 12.0. The number of hydrogen-bond acceptors (Lipinski definition) is 2. The number of rotatable bonds is 2. The molecular formula is C20H26N4O. The lowest BCUT2D eigenvalue weighted by atomic mass is 9.68. The van der Waals surface area contributed by atoms with Crippen LogP contribution in [0.1, 0.15) is 42.5 Å². The third kappa shape index (κ3) is 2.81. The summed E-state index contributed by atoms with van der Waals surface area (Å²) in [5.41, 5.74) is 5.60. The quantitative estimate of drug-likeness (QED) is 0.892. The van der Waals surface area contributed by atoms with Gasteiger partial charge in [-0.25, -0.2) is 9.48 Å². The highest BCUT2D eigenvalue weighted by Crippen LogP contribution is 2.48. The van der Waals surface area contributed by atoms with E-state index in [1.165, 1.54) is 30.4 Å². The normalized spacial score (nSPS) is 18.4. The number of urea groups is 1. The van der Waals surface area contributed by atoms with Crippen LogP contribution in [0.2, 0.25) is 0 Å². The van der Waals surface area contributed by atoms with Gasteiger partial charge >= 0.3 is 6.03 Å². The Labute approximate surface area is 149 Å². The Morgan fingerprint density at radius 3 is 2.68 bits per heavy atom. The van der Waals surface area contributed by atoms with E-state index in [1.54, 1.807) is 6.20 Å². The minimum Gasteiger partial charge on any atom is -0.324 e. The number of hydrogen-bond donors (Lipinski definition) is 1. The molecule has 4 rings (SSSR count). The van der Waals surface area contributed by atoms with E-state index in [4.69, 9.17) is 0 Å². The Bertz CT molecular complexity index is 819. The van der Waals surface area contributed by atoms with Crippen molar-refractivity contribution in [3.05, 3.63) is 41.2 Å². The second kappa shape index (κ2) is 5.90. The average molecular weight is 338 g/mol. The third-order valence-electron chi connectivity index (χ3n) is 5.98. The van der Waals surface area contributed by atoms with Crippen molar-refractivity contribution in [1.82, 2.24) is 14.7 Å². The van der Waals surface area contributed by atoms with Gasteiger partial charge in [0.1, 0.15) is 0 Å². The molecule has 1 saturated heterocycles. The summed E-state index contributed by atoms with van der Waals surface area (Å²) in [5.74, 6) is 0. The van der Waals surface area contributed by atoms with Crippen LogP contribution in [0, 0.1) is 26.2 Å². The number of aryl methyl sites for hydroxylation is 2. The number of anilines is 1. The summed E-state index contributed by atoms with van der Waals surface area (Å²) >= 11 is 0. The van der Waals surface area contributed by atoms with Crippen molar-refractivity contribution in [2.45, 2.75) is 46.5 Å². The SMILES string of the molecule is Cc1ccc(C)c(-n2ncc(NC(=O)N3CCC4(CCC4)C3)c2C)c1. The van der Waals surface area contributed by atoms with Gasteiger partial charge in [-0.3, -0.25) is 0 Å². The van der Waals surface area contributed by atoms with Gasteiger partial charge in [-0.15, -0.1) is 0 Å². The lowest BCUT2D eigenvalue weighted by molar-refractivity contribution is 0.144. The molecule has 132 valence electrons. The minimum absolute atomic E-state index is 0.00684. The van der Waals surface area contributed by atoms with Gasteiger partial charge in [0.05, 0.1) is 23.3 Å². The van der Waals surface area contributed by atoms with Crippen LogP contribution >= 0.6 is 0 Å². The van der Waals surface area contributed by atoms with E-state index in [-0.39, 0.29) is 6.03 Å². The number of nitrogens with one attached hydrogen (secondary N) is 1. The van der Waals surface area contributed by atoms with Crippen molar-refractivity contribution in [3.63, 3.8) is 0 Å². The second-order valence-corrected chi connectivity index (χ2v) is 7.80. The predicted octanol–water partition coefficient (Wildman–Crippen LogP) is 4.21. The lowest BCUT2D eigenvalue weighted by Crippen LogP contribution is -2.37. The van der Waals surface area contributed by atoms with E-state index >= 15 is 0 Å². The number of carbonyl (C=O) groups excluding carboxylic acids is 1. The monoisotopic (exact) mass is 338 g/mol. The number of likely N-dealkylation sites (tertiary alicyclic amines) is 1. The van der Waals surface area contributed by atoms with Crippen LogP contribution in [0.25, 0.3) is 5.69 Å². The van der Waals surface area contributed by atoms with Crippen LogP contribution in [0.5, 0.6) is 0 Å². The molecule has 1 saturated carbocycles. The molecule has 0 unspecified atom stereocenters. The van der Waals surface area contributed by atoms with Gasteiger partial charge in [-0.2, -0.15) is 5.10 Å². The molecule has 5 heteroatoms. The van der Waals surface area contributed by atoms with Crippen molar-refractivity contribution in [1.29, 1.82) is 0 Å². The van der Waals surface area contributed by atoms with Crippen LogP contribution < -0.4 is 5.32 Å². The molecule has 1 aliphatic carbocycles. The van der Waals surface area contributed by atoms with E-state index in [2.05, 4.69) is 42.5 Å². The topological polar surface area (TPSA) is 50.2 Å². The molecular weight excluding hydrogens is 312 g/mol. The molecule has 1 N–H and O–H groups in total. The van der Waals surface area contributed by atoms with Crippen molar-refractivity contribution in [2.75, 3.05) is 18.4 Å². The van der Waals surface area contributed by atoms with Crippen LogP contribution in [0.3, 0.4) is 0 Å². The Hall–Kier alpha value is -2.30. The van der Waals surface area contributed by atoms with Gasteiger partial charge in [0.2, 0.25) is 0 Å². The maximum Gasteiger partial charge on any atom is 0.321 e. The standard InChI is InChI=1S/C20H26N4O/c1-14-5-6-15(2)18(11-14)24-16(3)17(12-21-24)22-19(25)23-10-9-20(13-23)7-4-8-20/h5-6,11-12H,4,7-10,13H2,1-3H3,(H,22,25). The molecule has 2 heterocycles. The van der Waals surface area contributed by atoms with Crippen LogP contribution in [-0.4, -0.2) is 33.8 Å². The highest BCUT2D eigenvalue weighted by atomic mass is 16.2. The molecule has 2 aromatic rings. The number of aromatic nitrogens is 2. The number of amides is 2. The first kappa shape index (κ1) is 16.2. The predicted molar refractivity (Wildman–Crippen MR) is 99.3 cm³/mol. The highest BCUT2D eigenvalue weighted by Gasteiger charge is 2.44. The minimum atomic E-state index is 0.00684. The Morgan fingerprint density at radius 2 is 2.00 bits per heavy atom. The molecule has 0 atom stereocenters. The Morgan fingerprint density at radius 1 is 1.20 bits per heavy atom. The summed E-state index contributed by atoms with van der Waals surface area (Å²) in [6, 6.07) is 6.34. The highest BCUT2D eigenvalue weighted by molar-refractivity contribution is 5.90. The first-order valence-corrected chi connectivity index (χ1v) is 9.16. The van der Waals surface area contributed by atoms with Gasteiger partial charge in [0.15, 0.2) is 0 Å². The molecule has 0 bridgehead atoms. The van der Waals surface area contributed by atoms with Crippen LogP contribution in [0.4, 0.5) is 10.5 Å². The lowest BCUT2D eigenvalue weighted by Gasteiger charge is -2.37. The van der Waals surface area contributed by atoms with Crippen molar-refractivity contribution < 1.29 is 4.79 Å². The largest absolute Gasteiger partial charge is 0.324 e. The van der Waals surface area contributed by atoms with Crippen molar-refractivity contribution in [2.24, 2.45) is 5.41 Å². The fourth-order valence-corrected chi connectivity index (χ4v) is 4.11. The van der Waals surface area contributed by atoms with Gasteiger partial charge in [0, 0.05) is 13.1 Å². The fourth-order valence-electron chi connectivity index (χ4n) is 4.11. The zero-order valence-electron chi connectivity index (χ0n) is 15.3. The zero-order valence-corrected chi connectivity index (χ0v) is 15.3. The van der Waals surface area contributed by atoms with Gasteiger partial charge in [-0.1, -0.05) is 18.6 Å². The summed E-state index contributed by atoms with van der Waals surface area (Å²) in [4.78, 5) is 14.6.